The second-order valence-corrected chi connectivity index (χ2v) is 5.88. The minimum atomic E-state index is 0.203. The van der Waals surface area contributed by atoms with Crippen LogP contribution in [0.3, 0.4) is 0 Å². The van der Waals surface area contributed by atoms with Gasteiger partial charge in [-0.05, 0) is 12.5 Å². The Morgan fingerprint density at radius 1 is 1.19 bits per heavy atom. The van der Waals surface area contributed by atoms with E-state index in [-0.39, 0.29) is 5.91 Å². The van der Waals surface area contributed by atoms with Crippen molar-refractivity contribution in [3.05, 3.63) is 41.7 Å². The summed E-state index contributed by atoms with van der Waals surface area (Å²) in [6, 6.07) is 9.91. The second kappa shape index (κ2) is 6.22. The van der Waals surface area contributed by atoms with Gasteiger partial charge in [0.25, 0.3) is 0 Å². The molecule has 0 atom stereocenters. The topological polar surface area (TPSA) is 49.3 Å². The van der Waals surface area contributed by atoms with Crippen LogP contribution in [-0.4, -0.2) is 46.3 Å². The van der Waals surface area contributed by atoms with Crippen molar-refractivity contribution in [3.8, 4) is 0 Å². The van der Waals surface area contributed by atoms with Crippen LogP contribution in [0.15, 0.2) is 30.3 Å². The van der Waals surface area contributed by atoms with Crippen LogP contribution < -0.4 is 4.90 Å². The van der Waals surface area contributed by atoms with Gasteiger partial charge in [-0.2, -0.15) is 4.37 Å². The van der Waals surface area contributed by atoms with Crippen LogP contribution in [0.4, 0.5) is 5.13 Å². The number of piperazine rings is 1. The molecule has 1 fully saturated rings. The summed E-state index contributed by atoms with van der Waals surface area (Å²) in [5.74, 6) is 1.02. The molecule has 5 nitrogen and oxygen atoms in total. The van der Waals surface area contributed by atoms with Gasteiger partial charge < -0.3 is 9.80 Å². The lowest BCUT2D eigenvalue weighted by Gasteiger charge is -2.34. The molecule has 0 spiro atoms. The van der Waals surface area contributed by atoms with E-state index in [1.54, 1.807) is 0 Å². The first-order chi connectivity index (χ1) is 10.2. The number of hydrogen-bond acceptors (Lipinski definition) is 5. The fourth-order valence-electron chi connectivity index (χ4n) is 2.44. The number of nitrogens with zero attached hydrogens (tertiary/aromatic N) is 4. The van der Waals surface area contributed by atoms with Crippen LogP contribution in [0.25, 0.3) is 0 Å². The van der Waals surface area contributed by atoms with Crippen molar-refractivity contribution in [2.45, 2.75) is 13.3 Å². The van der Waals surface area contributed by atoms with Gasteiger partial charge in [-0.15, -0.1) is 0 Å². The number of amides is 1. The van der Waals surface area contributed by atoms with E-state index in [0.29, 0.717) is 6.42 Å². The Hall–Kier alpha value is -1.95. The van der Waals surface area contributed by atoms with Crippen LogP contribution in [0.1, 0.15) is 11.4 Å². The molecule has 1 aromatic heterocycles. The molecular weight excluding hydrogens is 284 g/mol. The van der Waals surface area contributed by atoms with E-state index in [4.69, 9.17) is 0 Å². The summed E-state index contributed by atoms with van der Waals surface area (Å²) < 4.78 is 4.21. The Morgan fingerprint density at radius 2 is 1.90 bits per heavy atom. The third-order valence-electron chi connectivity index (χ3n) is 3.62. The van der Waals surface area contributed by atoms with Crippen LogP contribution in [0.5, 0.6) is 0 Å². The molecule has 6 heteroatoms. The molecule has 2 heterocycles. The van der Waals surface area contributed by atoms with Crippen molar-refractivity contribution in [2.24, 2.45) is 0 Å². The highest BCUT2D eigenvalue weighted by molar-refractivity contribution is 7.09. The number of benzene rings is 1. The van der Waals surface area contributed by atoms with Crippen molar-refractivity contribution in [1.82, 2.24) is 14.3 Å². The zero-order valence-corrected chi connectivity index (χ0v) is 12.8. The van der Waals surface area contributed by atoms with E-state index in [0.717, 1.165) is 42.7 Å². The van der Waals surface area contributed by atoms with Crippen molar-refractivity contribution in [1.29, 1.82) is 0 Å². The summed E-state index contributed by atoms with van der Waals surface area (Å²) in [6.45, 7) is 5.07. The van der Waals surface area contributed by atoms with Crippen molar-refractivity contribution in [2.75, 3.05) is 31.1 Å². The summed E-state index contributed by atoms with van der Waals surface area (Å²) in [5, 5.41) is 0.961. The van der Waals surface area contributed by atoms with E-state index in [1.165, 1.54) is 11.5 Å². The normalized spacial score (nSPS) is 15.3. The zero-order chi connectivity index (χ0) is 14.7. The molecule has 0 aliphatic carbocycles. The maximum Gasteiger partial charge on any atom is 0.227 e. The van der Waals surface area contributed by atoms with Crippen LogP contribution in [0, 0.1) is 6.92 Å². The molecule has 1 amide bonds. The van der Waals surface area contributed by atoms with Gasteiger partial charge in [-0.1, -0.05) is 30.3 Å². The standard InChI is InChI=1S/C15H18N4OS/c1-12-16-15(21-17-12)19-9-7-18(8-10-19)14(20)11-13-5-3-2-4-6-13/h2-6H,7-11H2,1H3. The van der Waals surface area contributed by atoms with Gasteiger partial charge in [0.05, 0.1) is 6.42 Å². The summed E-state index contributed by atoms with van der Waals surface area (Å²) >= 11 is 1.43. The van der Waals surface area contributed by atoms with Gasteiger partial charge in [-0.25, -0.2) is 4.98 Å². The van der Waals surface area contributed by atoms with Crippen molar-refractivity contribution >= 4 is 22.6 Å². The Kier molecular flexibility index (Phi) is 4.15. The number of anilines is 1. The van der Waals surface area contributed by atoms with Crippen molar-refractivity contribution < 1.29 is 4.79 Å². The quantitative estimate of drug-likeness (QED) is 0.866. The molecular formula is C15H18N4OS. The maximum absolute atomic E-state index is 12.3. The lowest BCUT2D eigenvalue weighted by atomic mass is 10.1. The monoisotopic (exact) mass is 302 g/mol. The second-order valence-electron chi connectivity index (χ2n) is 5.15. The van der Waals surface area contributed by atoms with Gasteiger partial charge in [0.1, 0.15) is 5.82 Å². The maximum atomic E-state index is 12.3. The Labute approximate surface area is 128 Å². The third kappa shape index (κ3) is 3.39. The molecule has 1 aromatic carbocycles. The highest BCUT2D eigenvalue weighted by atomic mass is 32.1. The summed E-state index contributed by atoms with van der Waals surface area (Å²) in [6.07, 6.45) is 0.485. The Balaban J connectivity index is 1.54. The summed E-state index contributed by atoms with van der Waals surface area (Å²) in [4.78, 5) is 20.8. The smallest absolute Gasteiger partial charge is 0.227 e. The number of hydrogen-bond donors (Lipinski definition) is 0. The van der Waals surface area contributed by atoms with Crippen LogP contribution >= 0.6 is 11.5 Å². The van der Waals surface area contributed by atoms with Gasteiger partial charge in [0, 0.05) is 37.7 Å². The molecule has 2 aromatic rings. The van der Waals surface area contributed by atoms with E-state index >= 15 is 0 Å². The van der Waals surface area contributed by atoms with E-state index in [2.05, 4.69) is 14.3 Å². The number of carbonyl (C=O) groups is 1. The number of rotatable bonds is 3. The first kappa shape index (κ1) is 14.0. The Morgan fingerprint density at radius 3 is 2.52 bits per heavy atom. The molecule has 1 aliphatic heterocycles. The molecule has 1 aliphatic rings. The number of aryl methyl sites for hydroxylation is 1. The average Bonchev–Trinajstić information content (AvgIpc) is 2.95. The highest BCUT2D eigenvalue weighted by Crippen LogP contribution is 2.18. The zero-order valence-electron chi connectivity index (χ0n) is 12.0. The van der Waals surface area contributed by atoms with Crippen LogP contribution in [-0.2, 0) is 11.2 Å². The highest BCUT2D eigenvalue weighted by Gasteiger charge is 2.22. The third-order valence-corrected chi connectivity index (χ3v) is 4.49. The fraction of sp³-hybridized carbons (Fsp3) is 0.400. The minimum Gasteiger partial charge on any atom is -0.343 e. The van der Waals surface area contributed by atoms with Crippen molar-refractivity contribution in [3.63, 3.8) is 0 Å². The first-order valence-corrected chi connectivity index (χ1v) is 7.86. The van der Waals surface area contributed by atoms with Gasteiger partial charge >= 0.3 is 0 Å². The largest absolute Gasteiger partial charge is 0.343 e. The van der Waals surface area contributed by atoms with E-state index in [9.17, 15) is 4.79 Å². The van der Waals surface area contributed by atoms with Gasteiger partial charge in [-0.3, -0.25) is 4.79 Å². The fourth-order valence-corrected chi connectivity index (χ4v) is 3.17. The number of aromatic nitrogens is 2. The molecule has 0 unspecified atom stereocenters. The molecule has 21 heavy (non-hydrogen) atoms. The van der Waals surface area contributed by atoms with E-state index < -0.39 is 0 Å². The lowest BCUT2D eigenvalue weighted by Crippen LogP contribution is -2.49. The molecule has 1 saturated heterocycles. The lowest BCUT2D eigenvalue weighted by molar-refractivity contribution is -0.130. The molecule has 110 valence electrons. The molecule has 0 N–H and O–H groups in total. The molecule has 3 rings (SSSR count). The van der Waals surface area contributed by atoms with Gasteiger partial charge in [0.15, 0.2) is 0 Å². The predicted molar refractivity (Wildman–Crippen MR) is 83.6 cm³/mol. The SMILES string of the molecule is Cc1nsc(N2CCN(C(=O)Cc3ccccc3)CC2)n1. The molecule has 0 saturated carbocycles. The first-order valence-electron chi connectivity index (χ1n) is 7.09. The molecule has 0 bridgehead atoms. The van der Waals surface area contributed by atoms with Gasteiger partial charge in [0.2, 0.25) is 11.0 Å². The summed E-state index contributed by atoms with van der Waals surface area (Å²) in [5.41, 5.74) is 1.07. The summed E-state index contributed by atoms with van der Waals surface area (Å²) in [7, 11) is 0. The average molecular weight is 302 g/mol. The molecule has 0 radical (unpaired) electrons. The Bertz CT molecular complexity index is 605. The predicted octanol–water partition coefficient (Wildman–Crippen LogP) is 1.74. The number of carbonyl (C=O) groups excluding carboxylic acids is 1. The van der Waals surface area contributed by atoms with Crippen LogP contribution in [0.2, 0.25) is 0 Å². The minimum absolute atomic E-state index is 0.203. The van der Waals surface area contributed by atoms with E-state index in [1.807, 2.05) is 42.2 Å².